The lowest BCUT2D eigenvalue weighted by Gasteiger charge is -2.34. The van der Waals surface area contributed by atoms with Crippen LogP contribution in [0.2, 0.25) is 0 Å². The summed E-state index contributed by atoms with van der Waals surface area (Å²) in [7, 11) is 1.81. The first-order chi connectivity index (χ1) is 13.6. The maximum Gasteiger partial charge on any atom is 0.226 e. The molecule has 4 rings (SSSR count). The average Bonchev–Trinajstić information content (AvgIpc) is 3.55. The number of aromatic nitrogens is 2. The van der Waals surface area contributed by atoms with E-state index in [1.165, 1.54) is 0 Å². The van der Waals surface area contributed by atoms with Gasteiger partial charge < -0.3 is 14.7 Å². The first kappa shape index (κ1) is 18.4. The van der Waals surface area contributed by atoms with Crippen molar-refractivity contribution in [1.82, 2.24) is 19.8 Å². The summed E-state index contributed by atoms with van der Waals surface area (Å²) < 4.78 is 0. The largest absolute Gasteiger partial charge is 0.341 e. The molecule has 0 bridgehead atoms. The summed E-state index contributed by atoms with van der Waals surface area (Å²) in [6.07, 6.45) is 4.12. The van der Waals surface area contributed by atoms with E-state index in [2.05, 4.69) is 14.9 Å². The van der Waals surface area contributed by atoms with Crippen LogP contribution in [0.25, 0.3) is 0 Å². The molecule has 2 aliphatic rings. The van der Waals surface area contributed by atoms with Crippen molar-refractivity contribution in [3.05, 3.63) is 54.4 Å². The molecule has 1 aliphatic carbocycles. The molecule has 0 spiro atoms. The van der Waals surface area contributed by atoms with Gasteiger partial charge in [0.25, 0.3) is 0 Å². The van der Waals surface area contributed by atoms with Crippen molar-refractivity contribution in [2.24, 2.45) is 11.8 Å². The summed E-state index contributed by atoms with van der Waals surface area (Å²) in [5, 5.41) is 0. The summed E-state index contributed by atoms with van der Waals surface area (Å²) in [5.74, 6) is 0.553. The van der Waals surface area contributed by atoms with Crippen LogP contribution in [-0.4, -0.2) is 64.8 Å². The van der Waals surface area contributed by atoms with E-state index < -0.39 is 0 Å². The van der Waals surface area contributed by atoms with E-state index in [1.54, 1.807) is 23.4 Å². The quantitative estimate of drug-likeness (QED) is 0.786. The molecular weight excluding hydrogens is 354 g/mol. The van der Waals surface area contributed by atoms with E-state index in [-0.39, 0.29) is 23.7 Å². The lowest BCUT2D eigenvalue weighted by atomic mass is 10.2. The van der Waals surface area contributed by atoms with E-state index in [0.717, 1.165) is 18.7 Å². The third-order valence-electron chi connectivity index (χ3n) is 5.49. The second kappa shape index (κ2) is 7.96. The smallest absolute Gasteiger partial charge is 0.226 e. The Hall–Kier alpha value is -2.96. The zero-order valence-electron chi connectivity index (χ0n) is 16.1. The Morgan fingerprint density at radius 3 is 2.36 bits per heavy atom. The van der Waals surface area contributed by atoms with Crippen LogP contribution in [0.3, 0.4) is 0 Å². The van der Waals surface area contributed by atoms with Gasteiger partial charge in [0.1, 0.15) is 0 Å². The molecule has 1 saturated heterocycles. The minimum atomic E-state index is -0.170. The Bertz CT molecular complexity index is 821. The van der Waals surface area contributed by atoms with Crippen LogP contribution in [0.4, 0.5) is 5.95 Å². The monoisotopic (exact) mass is 379 g/mol. The van der Waals surface area contributed by atoms with E-state index in [1.807, 2.05) is 42.3 Å². The second-order valence-corrected chi connectivity index (χ2v) is 7.49. The van der Waals surface area contributed by atoms with Crippen molar-refractivity contribution in [3.63, 3.8) is 0 Å². The molecule has 2 heterocycles. The van der Waals surface area contributed by atoms with Gasteiger partial charge in [-0.2, -0.15) is 0 Å². The van der Waals surface area contributed by atoms with E-state index >= 15 is 0 Å². The Kier molecular flexibility index (Phi) is 5.23. The molecule has 2 unspecified atom stereocenters. The summed E-state index contributed by atoms with van der Waals surface area (Å²) in [5.41, 5.74) is 1.10. The maximum atomic E-state index is 12.8. The predicted octanol–water partition coefficient (Wildman–Crippen LogP) is 1.42. The fourth-order valence-corrected chi connectivity index (χ4v) is 3.77. The zero-order valence-corrected chi connectivity index (χ0v) is 16.1. The molecule has 0 radical (unpaired) electrons. The van der Waals surface area contributed by atoms with Crippen molar-refractivity contribution in [2.75, 3.05) is 38.1 Å². The van der Waals surface area contributed by atoms with Gasteiger partial charge in [-0.25, -0.2) is 9.97 Å². The first-order valence-electron chi connectivity index (χ1n) is 9.73. The lowest BCUT2D eigenvalue weighted by Crippen LogP contribution is -2.50. The fraction of sp³-hybridized carbons (Fsp3) is 0.429. The van der Waals surface area contributed by atoms with Crippen LogP contribution >= 0.6 is 0 Å². The molecule has 2 atom stereocenters. The SMILES string of the molecule is CN(Cc1ccccc1)C(=O)C1CC1C(=O)N1CCN(c2ncccn2)CC1. The van der Waals surface area contributed by atoms with Gasteiger partial charge in [0.05, 0.1) is 11.8 Å². The molecule has 146 valence electrons. The van der Waals surface area contributed by atoms with Gasteiger partial charge in [-0.05, 0) is 18.1 Å². The summed E-state index contributed by atoms with van der Waals surface area (Å²) in [6, 6.07) is 11.7. The number of anilines is 1. The molecule has 1 saturated carbocycles. The highest BCUT2D eigenvalue weighted by Gasteiger charge is 2.50. The Labute approximate surface area is 165 Å². The molecule has 2 amide bonds. The third kappa shape index (κ3) is 3.98. The highest BCUT2D eigenvalue weighted by Crippen LogP contribution is 2.41. The molecule has 0 N–H and O–H groups in total. The number of hydrogen-bond donors (Lipinski definition) is 0. The number of rotatable bonds is 5. The van der Waals surface area contributed by atoms with Gasteiger partial charge in [-0.3, -0.25) is 9.59 Å². The van der Waals surface area contributed by atoms with Crippen molar-refractivity contribution in [2.45, 2.75) is 13.0 Å². The van der Waals surface area contributed by atoms with Crippen molar-refractivity contribution < 1.29 is 9.59 Å². The highest BCUT2D eigenvalue weighted by atomic mass is 16.2. The minimum absolute atomic E-state index is 0.0681. The van der Waals surface area contributed by atoms with Crippen LogP contribution in [0, 0.1) is 11.8 Å². The molecule has 7 heteroatoms. The third-order valence-corrected chi connectivity index (χ3v) is 5.49. The number of carbonyl (C=O) groups excluding carboxylic acids is 2. The summed E-state index contributed by atoms with van der Waals surface area (Å²) in [4.78, 5) is 39.7. The predicted molar refractivity (Wildman–Crippen MR) is 105 cm³/mol. The number of piperazine rings is 1. The van der Waals surface area contributed by atoms with Gasteiger partial charge in [0.2, 0.25) is 17.8 Å². The van der Waals surface area contributed by atoms with Crippen molar-refractivity contribution in [3.8, 4) is 0 Å². The Morgan fingerprint density at radius 1 is 1.00 bits per heavy atom. The molecule has 2 fully saturated rings. The number of benzene rings is 1. The number of carbonyl (C=O) groups is 2. The zero-order chi connectivity index (χ0) is 19.5. The van der Waals surface area contributed by atoms with E-state index in [9.17, 15) is 9.59 Å². The van der Waals surface area contributed by atoms with E-state index in [0.29, 0.717) is 32.0 Å². The van der Waals surface area contributed by atoms with Gasteiger partial charge in [-0.1, -0.05) is 30.3 Å². The standard InChI is InChI=1S/C21H25N5O2/c1-24(15-16-6-3-2-4-7-16)19(27)17-14-18(17)20(28)25-10-12-26(13-11-25)21-22-8-5-9-23-21/h2-9,17-18H,10-15H2,1H3. The summed E-state index contributed by atoms with van der Waals surface area (Å²) in [6.45, 7) is 3.31. The highest BCUT2D eigenvalue weighted by molar-refractivity contribution is 5.92. The van der Waals surface area contributed by atoms with Crippen LogP contribution in [-0.2, 0) is 16.1 Å². The Morgan fingerprint density at radius 2 is 1.68 bits per heavy atom. The van der Waals surface area contributed by atoms with Gasteiger partial charge >= 0.3 is 0 Å². The van der Waals surface area contributed by atoms with Gasteiger partial charge in [0, 0.05) is 52.2 Å². The molecule has 1 aromatic heterocycles. The topological polar surface area (TPSA) is 69.6 Å². The number of amides is 2. The van der Waals surface area contributed by atoms with Crippen LogP contribution < -0.4 is 4.90 Å². The van der Waals surface area contributed by atoms with Gasteiger partial charge in [-0.15, -0.1) is 0 Å². The molecule has 7 nitrogen and oxygen atoms in total. The fourth-order valence-electron chi connectivity index (χ4n) is 3.77. The minimum Gasteiger partial charge on any atom is -0.341 e. The molecule has 1 aromatic carbocycles. The van der Waals surface area contributed by atoms with Crippen LogP contribution in [0.15, 0.2) is 48.8 Å². The van der Waals surface area contributed by atoms with Gasteiger partial charge in [0.15, 0.2) is 0 Å². The molecule has 28 heavy (non-hydrogen) atoms. The normalized spacial score (nSPS) is 21.3. The average molecular weight is 379 g/mol. The maximum absolute atomic E-state index is 12.8. The molecule has 2 aromatic rings. The van der Waals surface area contributed by atoms with E-state index in [4.69, 9.17) is 0 Å². The molecular formula is C21H25N5O2. The second-order valence-electron chi connectivity index (χ2n) is 7.49. The van der Waals surface area contributed by atoms with Crippen LogP contribution in [0.5, 0.6) is 0 Å². The first-order valence-corrected chi connectivity index (χ1v) is 9.73. The lowest BCUT2D eigenvalue weighted by molar-refractivity contribution is -0.137. The van der Waals surface area contributed by atoms with Crippen molar-refractivity contribution >= 4 is 17.8 Å². The molecule has 1 aliphatic heterocycles. The van der Waals surface area contributed by atoms with Crippen molar-refractivity contribution in [1.29, 1.82) is 0 Å². The Balaban J connectivity index is 1.27. The number of hydrogen-bond acceptors (Lipinski definition) is 5. The van der Waals surface area contributed by atoms with Crippen LogP contribution in [0.1, 0.15) is 12.0 Å². The summed E-state index contributed by atoms with van der Waals surface area (Å²) >= 11 is 0. The number of nitrogens with zero attached hydrogens (tertiary/aromatic N) is 5.